The predicted octanol–water partition coefficient (Wildman–Crippen LogP) is 6.94. The second-order valence-electron chi connectivity index (χ2n) is 11.3. The van der Waals surface area contributed by atoms with Gasteiger partial charge in [0, 0.05) is 53.7 Å². The third kappa shape index (κ3) is 6.01. The van der Waals surface area contributed by atoms with Crippen molar-refractivity contribution in [3.63, 3.8) is 0 Å². The molecule has 0 unspecified atom stereocenters. The summed E-state index contributed by atoms with van der Waals surface area (Å²) >= 11 is 3.58. The fraction of sp³-hybridized carbons (Fsp3) is 0.333. The van der Waals surface area contributed by atoms with Gasteiger partial charge in [-0.05, 0) is 53.4 Å². The summed E-state index contributed by atoms with van der Waals surface area (Å²) in [6.07, 6.45) is 0. The number of ether oxygens (including phenoxy) is 2. The Morgan fingerprint density at radius 2 is 1.62 bits per heavy atom. The number of fused-ring (bicyclic) bond motifs is 1. The van der Waals surface area contributed by atoms with Crippen LogP contribution >= 0.6 is 15.9 Å². The number of carbonyl (C=O) groups is 1. The Kier molecular flexibility index (Phi) is 8.15. The lowest BCUT2D eigenvalue weighted by molar-refractivity contribution is 0.0629. The molecular formula is C33H36BrN3O3. The molecule has 1 aliphatic heterocycles. The zero-order valence-corrected chi connectivity index (χ0v) is 25.4. The van der Waals surface area contributed by atoms with E-state index in [0.29, 0.717) is 18.7 Å². The standard InChI is InChI=1S/C33H36BrN3O3/c1-33(2,3)24-8-6-22(7-9-24)30-20-28(27-19-25(34)10-12-29(27)35-30)32(38)37-16-14-36(15-17-37)21-23-18-26(39-4)11-13-31(23)40-5/h6-13,18-20H,14-17,21H2,1-5H3. The molecule has 1 aliphatic rings. The molecule has 0 spiro atoms. The number of hydrogen-bond donors (Lipinski definition) is 0. The number of carbonyl (C=O) groups excluding carboxylic acids is 1. The summed E-state index contributed by atoms with van der Waals surface area (Å²) in [6, 6.07) is 22.3. The summed E-state index contributed by atoms with van der Waals surface area (Å²) in [7, 11) is 3.36. The normalized spacial score (nSPS) is 14.4. The van der Waals surface area contributed by atoms with Crippen molar-refractivity contribution in [3.8, 4) is 22.8 Å². The number of aromatic nitrogens is 1. The summed E-state index contributed by atoms with van der Waals surface area (Å²) in [5.41, 5.74) is 5.72. The minimum Gasteiger partial charge on any atom is -0.497 e. The van der Waals surface area contributed by atoms with Crippen LogP contribution in [0.5, 0.6) is 11.5 Å². The number of piperazine rings is 1. The third-order valence-corrected chi connectivity index (χ3v) is 8.08. The van der Waals surface area contributed by atoms with Crippen LogP contribution in [0, 0.1) is 0 Å². The second-order valence-corrected chi connectivity index (χ2v) is 12.2. The smallest absolute Gasteiger partial charge is 0.254 e. The lowest BCUT2D eigenvalue weighted by Crippen LogP contribution is -2.48. The molecule has 3 aromatic carbocycles. The lowest BCUT2D eigenvalue weighted by Gasteiger charge is -2.35. The monoisotopic (exact) mass is 601 g/mol. The molecule has 1 saturated heterocycles. The molecule has 7 heteroatoms. The molecule has 40 heavy (non-hydrogen) atoms. The number of halogens is 1. The molecule has 6 nitrogen and oxygen atoms in total. The fourth-order valence-corrected chi connectivity index (χ4v) is 5.55. The first-order chi connectivity index (χ1) is 19.2. The van der Waals surface area contributed by atoms with Gasteiger partial charge in [-0.3, -0.25) is 9.69 Å². The van der Waals surface area contributed by atoms with Gasteiger partial charge in [0.05, 0.1) is 31.0 Å². The van der Waals surface area contributed by atoms with E-state index in [4.69, 9.17) is 14.5 Å². The molecule has 0 aliphatic carbocycles. The maximum Gasteiger partial charge on any atom is 0.254 e. The van der Waals surface area contributed by atoms with Gasteiger partial charge >= 0.3 is 0 Å². The van der Waals surface area contributed by atoms with Crippen molar-refractivity contribution in [1.29, 1.82) is 0 Å². The molecule has 208 valence electrons. The number of methoxy groups -OCH3 is 2. The van der Waals surface area contributed by atoms with Crippen molar-refractivity contribution in [2.24, 2.45) is 0 Å². The molecule has 0 radical (unpaired) electrons. The van der Waals surface area contributed by atoms with Crippen molar-refractivity contribution in [2.45, 2.75) is 32.7 Å². The van der Waals surface area contributed by atoms with Crippen molar-refractivity contribution in [1.82, 2.24) is 14.8 Å². The Balaban J connectivity index is 1.38. The van der Waals surface area contributed by atoms with Gasteiger partial charge < -0.3 is 14.4 Å². The van der Waals surface area contributed by atoms with Crippen molar-refractivity contribution in [2.75, 3.05) is 40.4 Å². The fourth-order valence-electron chi connectivity index (χ4n) is 5.19. The number of nitrogens with zero attached hydrogens (tertiary/aromatic N) is 3. The van der Waals surface area contributed by atoms with Crippen molar-refractivity contribution in [3.05, 3.63) is 87.9 Å². The van der Waals surface area contributed by atoms with Gasteiger partial charge in [-0.2, -0.15) is 0 Å². The van der Waals surface area contributed by atoms with Crippen LogP contribution in [-0.2, 0) is 12.0 Å². The largest absolute Gasteiger partial charge is 0.497 e. The number of pyridine rings is 1. The number of benzene rings is 3. The number of hydrogen-bond acceptors (Lipinski definition) is 5. The van der Waals surface area contributed by atoms with E-state index in [2.05, 4.69) is 65.9 Å². The quantitative estimate of drug-likeness (QED) is 0.240. The van der Waals surface area contributed by atoms with Crippen LogP contribution in [0.15, 0.2) is 71.2 Å². The molecule has 1 fully saturated rings. The van der Waals surface area contributed by atoms with Crippen LogP contribution in [0.25, 0.3) is 22.2 Å². The average Bonchev–Trinajstić information content (AvgIpc) is 2.96. The van der Waals surface area contributed by atoms with Crippen LogP contribution in [0.1, 0.15) is 42.3 Å². The molecule has 0 bridgehead atoms. The Labute approximate surface area is 245 Å². The minimum absolute atomic E-state index is 0.0386. The van der Waals surface area contributed by atoms with Gasteiger partial charge in [-0.15, -0.1) is 0 Å². The number of amides is 1. The van der Waals surface area contributed by atoms with Crippen molar-refractivity contribution >= 4 is 32.7 Å². The van der Waals surface area contributed by atoms with E-state index < -0.39 is 0 Å². The molecule has 0 atom stereocenters. The van der Waals surface area contributed by atoms with E-state index in [1.165, 1.54) is 5.56 Å². The Morgan fingerprint density at radius 3 is 2.27 bits per heavy atom. The van der Waals surface area contributed by atoms with Gasteiger partial charge in [-0.25, -0.2) is 4.98 Å². The first-order valence-corrected chi connectivity index (χ1v) is 14.4. The highest BCUT2D eigenvalue weighted by atomic mass is 79.9. The average molecular weight is 603 g/mol. The van der Waals surface area contributed by atoms with Gasteiger partial charge in [0.15, 0.2) is 0 Å². The zero-order chi connectivity index (χ0) is 28.4. The van der Waals surface area contributed by atoms with Gasteiger partial charge in [-0.1, -0.05) is 61.0 Å². The van der Waals surface area contributed by atoms with Gasteiger partial charge in [0.1, 0.15) is 11.5 Å². The van der Waals surface area contributed by atoms with E-state index >= 15 is 0 Å². The summed E-state index contributed by atoms with van der Waals surface area (Å²) in [6.45, 7) is 10.2. The molecule has 0 saturated carbocycles. The van der Waals surface area contributed by atoms with E-state index in [9.17, 15) is 4.79 Å². The Hall–Kier alpha value is -3.42. The van der Waals surface area contributed by atoms with E-state index in [0.717, 1.165) is 63.3 Å². The molecule has 4 aromatic rings. The summed E-state index contributed by atoms with van der Waals surface area (Å²) < 4.78 is 11.9. The first kappa shape index (κ1) is 28.1. The van der Waals surface area contributed by atoms with Crippen LogP contribution in [0.2, 0.25) is 0 Å². The molecule has 1 amide bonds. The SMILES string of the molecule is COc1ccc(OC)c(CN2CCN(C(=O)c3cc(-c4ccc(C(C)(C)C)cc4)nc4ccc(Br)cc34)CC2)c1. The van der Waals surface area contributed by atoms with Crippen LogP contribution in [-0.4, -0.2) is 61.1 Å². The number of rotatable bonds is 6. The topological polar surface area (TPSA) is 54.9 Å². The van der Waals surface area contributed by atoms with Crippen LogP contribution in [0.4, 0.5) is 0 Å². The summed E-state index contributed by atoms with van der Waals surface area (Å²) in [4.78, 5) is 23.2. The molecule has 0 N–H and O–H groups in total. The van der Waals surface area contributed by atoms with E-state index in [1.807, 2.05) is 47.4 Å². The summed E-state index contributed by atoms with van der Waals surface area (Å²) in [5.74, 6) is 1.69. The van der Waals surface area contributed by atoms with Crippen LogP contribution in [0.3, 0.4) is 0 Å². The Bertz CT molecular complexity index is 1520. The Morgan fingerprint density at radius 1 is 0.900 bits per heavy atom. The molecule has 5 rings (SSSR count). The van der Waals surface area contributed by atoms with E-state index in [-0.39, 0.29) is 11.3 Å². The maximum absolute atomic E-state index is 14.0. The third-order valence-electron chi connectivity index (χ3n) is 7.59. The lowest BCUT2D eigenvalue weighted by atomic mass is 9.86. The highest BCUT2D eigenvalue weighted by Crippen LogP contribution is 2.31. The highest BCUT2D eigenvalue weighted by molar-refractivity contribution is 9.10. The maximum atomic E-state index is 14.0. The highest BCUT2D eigenvalue weighted by Gasteiger charge is 2.25. The van der Waals surface area contributed by atoms with E-state index in [1.54, 1.807) is 14.2 Å². The first-order valence-electron chi connectivity index (χ1n) is 13.6. The molecular weight excluding hydrogens is 566 g/mol. The minimum atomic E-state index is 0.0386. The summed E-state index contributed by atoms with van der Waals surface area (Å²) in [5, 5.41) is 0.859. The predicted molar refractivity (Wildman–Crippen MR) is 164 cm³/mol. The van der Waals surface area contributed by atoms with Crippen LogP contribution < -0.4 is 9.47 Å². The molecule has 2 heterocycles. The molecule has 1 aromatic heterocycles. The van der Waals surface area contributed by atoms with Crippen molar-refractivity contribution < 1.29 is 14.3 Å². The van der Waals surface area contributed by atoms with Gasteiger partial charge in [0.25, 0.3) is 5.91 Å². The van der Waals surface area contributed by atoms with Gasteiger partial charge in [0.2, 0.25) is 0 Å². The second kappa shape index (κ2) is 11.6. The zero-order valence-electron chi connectivity index (χ0n) is 23.8.